The molecular formula is C25H20Br2O6. The van der Waals surface area contributed by atoms with Crippen molar-refractivity contribution in [3.8, 4) is 11.5 Å². The molecule has 170 valence electrons. The van der Waals surface area contributed by atoms with E-state index < -0.39 is 17.5 Å². The van der Waals surface area contributed by atoms with Gasteiger partial charge in [0, 0.05) is 36.8 Å². The minimum absolute atomic E-state index is 0.0489. The first-order valence-corrected chi connectivity index (χ1v) is 11.6. The quantitative estimate of drug-likeness (QED) is 0.330. The number of halogens is 2. The fourth-order valence-electron chi connectivity index (χ4n) is 4.51. The number of carbonyl (C=O) groups is 2. The molecule has 1 aliphatic rings. The average molecular weight is 576 g/mol. The zero-order chi connectivity index (χ0) is 24.4. The average Bonchev–Trinajstić information content (AvgIpc) is 3.08. The zero-order valence-electron chi connectivity index (χ0n) is 18.2. The molecule has 0 spiro atoms. The summed E-state index contributed by atoms with van der Waals surface area (Å²) in [7, 11) is 0. The minimum atomic E-state index is -1.73. The second-order valence-corrected chi connectivity index (χ2v) is 9.70. The van der Waals surface area contributed by atoms with E-state index in [4.69, 9.17) is 4.74 Å². The predicted molar refractivity (Wildman–Crippen MR) is 129 cm³/mol. The molecule has 3 aromatic carbocycles. The van der Waals surface area contributed by atoms with Gasteiger partial charge in [-0.3, -0.25) is 0 Å². The van der Waals surface area contributed by atoms with Crippen molar-refractivity contribution in [1.82, 2.24) is 0 Å². The molecule has 8 heteroatoms. The molecule has 33 heavy (non-hydrogen) atoms. The van der Waals surface area contributed by atoms with Gasteiger partial charge in [-0.2, -0.15) is 0 Å². The van der Waals surface area contributed by atoms with Crippen LogP contribution >= 0.6 is 31.9 Å². The Balaban J connectivity index is 2.29. The maximum Gasteiger partial charge on any atom is 0.340 e. The Kier molecular flexibility index (Phi) is 5.57. The van der Waals surface area contributed by atoms with Crippen molar-refractivity contribution < 1.29 is 29.6 Å². The summed E-state index contributed by atoms with van der Waals surface area (Å²) in [6.45, 7) is 7.06. The highest BCUT2D eigenvalue weighted by Gasteiger charge is 2.53. The van der Waals surface area contributed by atoms with Crippen LogP contribution in [0.5, 0.6) is 11.5 Å². The summed E-state index contributed by atoms with van der Waals surface area (Å²) in [5, 5.41) is 31.4. The Morgan fingerprint density at radius 3 is 1.82 bits per heavy atom. The number of rotatable bonds is 3. The Labute approximate surface area is 207 Å². The van der Waals surface area contributed by atoms with Crippen LogP contribution in [0.25, 0.3) is 0 Å². The van der Waals surface area contributed by atoms with E-state index in [9.17, 15) is 24.9 Å². The first-order valence-electron chi connectivity index (χ1n) is 10.0. The number of carboxylic acid groups (broad SMARTS) is 1. The number of aromatic carboxylic acids is 1. The molecule has 3 aromatic rings. The van der Waals surface area contributed by atoms with Gasteiger partial charge in [0.25, 0.3) is 0 Å². The zero-order valence-corrected chi connectivity index (χ0v) is 21.4. The number of carbonyl (C=O) groups excluding carboxylic acids is 1. The molecule has 0 radical (unpaired) electrons. The van der Waals surface area contributed by atoms with E-state index >= 15 is 0 Å². The molecule has 0 aromatic heterocycles. The van der Waals surface area contributed by atoms with E-state index in [1.54, 1.807) is 27.7 Å². The monoisotopic (exact) mass is 574 g/mol. The summed E-state index contributed by atoms with van der Waals surface area (Å²) in [5.41, 5.74) is 1.69. The number of phenols is 2. The molecule has 0 bridgehead atoms. The number of phenolic OH excluding ortho intramolecular Hbond substituents is 2. The third-order valence-electron chi connectivity index (χ3n) is 6.33. The first-order chi connectivity index (χ1) is 15.4. The van der Waals surface area contributed by atoms with Crippen LogP contribution in [-0.2, 0) is 10.3 Å². The van der Waals surface area contributed by atoms with Gasteiger partial charge in [0.05, 0.1) is 11.1 Å². The Morgan fingerprint density at radius 2 is 1.36 bits per heavy atom. The number of carboxylic acids is 1. The first kappa shape index (κ1) is 23.3. The Hall–Kier alpha value is -2.84. The SMILES string of the molecule is Cc1c(O)cc(C2(c3cc(O)c(C)c(Br)c3C)OC(=O)c3cccc(C(=O)O)c32)c(C)c1Br. The number of fused-ring (bicyclic) bond motifs is 1. The van der Waals surface area contributed by atoms with Gasteiger partial charge in [0.2, 0.25) is 0 Å². The Bertz CT molecular complexity index is 1310. The second kappa shape index (κ2) is 7.88. The summed E-state index contributed by atoms with van der Waals surface area (Å²) >= 11 is 7.02. The highest BCUT2D eigenvalue weighted by molar-refractivity contribution is 9.10. The van der Waals surface area contributed by atoms with Crippen LogP contribution in [0.4, 0.5) is 0 Å². The number of hydrogen-bond acceptors (Lipinski definition) is 5. The highest BCUT2D eigenvalue weighted by Crippen LogP contribution is 2.54. The van der Waals surface area contributed by atoms with Crippen molar-refractivity contribution in [3.63, 3.8) is 0 Å². The molecule has 1 aliphatic heterocycles. The number of esters is 1. The molecular weight excluding hydrogens is 556 g/mol. The summed E-state index contributed by atoms with van der Waals surface area (Å²) in [4.78, 5) is 25.4. The molecule has 0 saturated carbocycles. The second-order valence-electron chi connectivity index (χ2n) is 8.12. The summed E-state index contributed by atoms with van der Waals surface area (Å²) in [5.74, 6) is -2.02. The highest BCUT2D eigenvalue weighted by atomic mass is 79.9. The third kappa shape index (κ3) is 3.19. The van der Waals surface area contributed by atoms with Gasteiger partial charge in [-0.15, -0.1) is 0 Å². The summed E-state index contributed by atoms with van der Waals surface area (Å²) in [6.07, 6.45) is 0. The van der Waals surface area contributed by atoms with Gasteiger partial charge in [-0.05, 0) is 63.1 Å². The number of hydrogen-bond donors (Lipinski definition) is 3. The Morgan fingerprint density at radius 1 is 0.879 bits per heavy atom. The number of ether oxygens (including phenoxy) is 1. The normalized spacial score (nSPS) is 14.2. The maximum atomic E-state index is 13.1. The minimum Gasteiger partial charge on any atom is -0.508 e. The van der Waals surface area contributed by atoms with Gasteiger partial charge in [-0.25, -0.2) is 9.59 Å². The molecule has 1 heterocycles. The third-order valence-corrected chi connectivity index (χ3v) is 8.71. The van der Waals surface area contributed by atoms with Crippen molar-refractivity contribution in [1.29, 1.82) is 0 Å². The lowest BCUT2D eigenvalue weighted by Gasteiger charge is -2.35. The molecule has 6 nitrogen and oxygen atoms in total. The van der Waals surface area contributed by atoms with Gasteiger partial charge >= 0.3 is 11.9 Å². The van der Waals surface area contributed by atoms with Crippen LogP contribution in [0.1, 0.15) is 59.7 Å². The lowest BCUT2D eigenvalue weighted by atomic mass is 9.74. The van der Waals surface area contributed by atoms with E-state index in [-0.39, 0.29) is 28.2 Å². The van der Waals surface area contributed by atoms with Crippen molar-refractivity contribution >= 4 is 43.8 Å². The van der Waals surface area contributed by atoms with Crippen LogP contribution < -0.4 is 0 Å². The van der Waals surface area contributed by atoms with Gasteiger partial charge in [0.15, 0.2) is 5.60 Å². The standard InChI is InChI=1S/C25H20Br2O6/c1-10-16(8-18(28)12(3)21(10)26)25(17-9-19(29)13(4)22(27)11(17)2)20-14(23(30)31)6-5-7-15(20)24(32)33-25/h5-9,28-29H,1-4H3,(H,30,31). The fourth-order valence-corrected chi connectivity index (χ4v) is 5.34. The fraction of sp³-hybridized carbons (Fsp3) is 0.200. The van der Waals surface area contributed by atoms with E-state index in [2.05, 4.69) is 31.9 Å². The maximum absolute atomic E-state index is 13.1. The molecule has 0 amide bonds. The smallest absolute Gasteiger partial charge is 0.340 e. The van der Waals surface area contributed by atoms with Crippen LogP contribution in [0.15, 0.2) is 39.3 Å². The van der Waals surface area contributed by atoms with Crippen molar-refractivity contribution in [3.05, 3.63) is 89.3 Å². The summed E-state index contributed by atoms with van der Waals surface area (Å²) in [6, 6.07) is 7.39. The van der Waals surface area contributed by atoms with E-state index in [1.165, 1.54) is 30.3 Å². The molecule has 0 saturated heterocycles. The lowest BCUT2D eigenvalue weighted by molar-refractivity contribution is 0.0241. The number of cyclic esters (lactones) is 1. The summed E-state index contributed by atoms with van der Waals surface area (Å²) < 4.78 is 7.28. The van der Waals surface area contributed by atoms with E-state index in [0.29, 0.717) is 42.3 Å². The molecule has 0 aliphatic carbocycles. The van der Waals surface area contributed by atoms with Crippen molar-refractivity contribution in [2.75, 3.05) is 0 Å². The predicted octanol–water partition coefficient (Wildman–Crippen LogP) is 6.02. The topological polar surface area (TPSA) is 104 Å². The van der Waals surface area contributed by atoms with Crippen molar-refractivity contribution in [2.24, 2.45) is 0 Å². The molecule has 4 rings (SSSR count). The van der Waals surface area contributed by atoms with Crippen LogP contribution in [0.3, 0.4) is 0 Å². The molecule has 0 unspecified atom stereocenters. The van der Waals surface area contributed by atoms with Crippen LogP contribution in [0, 0.1) is 27.7 Å². The lowest BCUT2D eigenvalue weighted by Crippen LogP contribution is -2.33. The van der Waals surface area contributed by atoms with E-state index in [1.807, 2.05) is 0 Å². The molecule has 0 fully saturated rings. The number of aromatic hydroxyl groups is 2. The van der Waals surface area contributed by atoms with Crippen LogP contribution in [-0.4, -0.2) is 27.3 Å². The van der Waals surface area contributed by atoms with Crippen LogP contribution in [0.2, 0.25) is 0 Å². The van der Waals surface area contributed by atoms with Gasteiger partial charge in [0.1, 0.15) is 11.5 Å². The van der Waals surface area contributed by atoms with Gasteiger partial charge < -0.3 is 20.1 Å². The van der Waals surface area contributed by atoms with Crippen molar-refractivity contribution in [2.45, 2.75) is 33.3 Å². The molecule has 0 atom stereocenters. The number of benzene rings is 3. The van der Waals surface area contributed by atoms with E-state index in [0.717, 1.165) is 0 Å². The van der Waals surface area contributed by atoms with Gasteiger partial charge in [-0.1, -0.05) is 37.9 Å². The largest absolute Gasteiger partial charge is 0.508 e. The molecule has 3 N–H and O–H groups in total.